The van der Waals surface area contributed by atoms with E-state index in [0.717, 1.165) is 18.4 Å². The highest BCUT2D eigenvalue weighted by Gasteiger charge is 2.29. The number of anilines is 1. The average molecular weight is 262 g/mol. The van der Waals surface area contributed by atoms with E-state index in [4.69, 9.17) is 10.8 Å². The molecule has 0 saturated heterocycles. The maximum atomic E-state index is 12.5. The van der Waals surface area contributed by atoms with Gasteiger partial charge in [-0.15, -0.1) is 0 Å². The number of carbonyl (C=O) groups is 1. The van der Waals surface area contributed by atoms with Crippen molar-refractivity contribution in [3.63, 3.8) is 0 Å². The first-order valence-corrected chi connectivity index (χ1v) is 6.91. The average Bonchev–Trinajstić information content (AvgIpc) is 2.34. The van der Waals surface area contributed by atoms with Crippen molar-refractivity contribution in [2.24, 2.45) is 0 Å². The molecule has 1 amide bonds. The molecule has 1 aromatic rings. The van der Waals surface area contributed by atoms with E-state index in [1.165, 1.54) is 6.42 Å². The molecule has 0 radical (unpaired) electrons. The molecule has 104 valence electrons. The van der Waals surface area contributed by atoms with Crippen LogP contribution in [0, 0.1) is 6.92 Å². The minimum absolute atomic E-state index is 0.0323. The van der Waals surface area contributed by atoms with Crippen LogP contribution in [-0.4, -0.2) is 35.1 Å². The lowest BCUT2D eigenvalue weighted by molar-refractivity contribution is 0.0562. The van der Waals surface area contributed by atoms with Crippen molar-refractivity contribution < 1.29 is 9.90 Å². The summed E-state index contributed by atoms with van der Waals surface area (Å²) in [5, 5.41) is 8.96. The minimum atomic E-state index is 0.0323. The van der Waals surface area contributed by atoms with E-state index >= 15 is 0 Å². The first-order valence-electron chi connectivity index (χ1n) is 6.91. The number of nitrogens with zero attached hydrogens (tertiary/aromatic N) is 1. The summed E-state index contributed by atoms with van der Waals surface area (Å²) in [6.45, 7) is 2.67. The zero-order valence-electron chi connectivity index (χ0n) is 11.4. The molecule has 1 aliphatic rings. The van der Waals surface area contributed by atoms with Crippen LogP contribution in [0.3, 0.4) is 0 Å². The van der Waals surface area contributed by atoms with Gasteiger partial charge in [-0.05, 0) is 50.3 Å². The van der Waals surface area contributed by atoms with Gasteiger partial charge in [0.15, 0.2) is 0 Å². The molecule has 19 heavy (non-hydrogen) atoms. The minimum Gasteiger partial charge on any atom is -0.398 e. The van der Waals surface area contributed by atoms with Gasteiger partial charge in [0.2, 0.25) is 0 Å². The molecule has 0 heterocycles. The van der Waals surface area contributed by atoms with E-state index in [0.29, 0.717) is 30.3 Å². The topological polar surface area (TPSA) is 66.6 Å². The maximum absolute atomic E-state index is 12.5. The summed E-state index contributed by atoms with van der Waals surface area (Å²) >= 11 is 0. The van der Waals surface area contributed by atoms with Crippen molar-refractivity contribution in [1.29, 1.82) is 0 Å². The number of aryl methyl sites for hydroxylation is 1. The van der Waals surface area contributed by atoms with E-state index in [2.05, 4.69) is 0 Å². The van der Waals surface area contributed by atoms with Gasteiger partial charge in [0.1, 0.15) is 0 Å². The van der Waals surface area contributed by atoms with Crippen LogP contribution in [-0.2, 0) is 0 Å². The van der Waals surface area contributed by atoms with E-state index < -0.39 is 0 Å². The number of hydrogen-bond acceptors (Lipinski definition) is 3. The van der Waals surface area contributed by atoms with Crippen LogP contribution in [0.1, 0.15) is 41.6 Å². The number of aliphatic hydroxyl groups excluding tert-OH is 1. The Bertz CT molecular complexity index is 455. The Morgan fingerprint density at radius 3 is 2.74 bits per heavy atom. The van der Waals surface area contributed by atoms with Crippen molar-refractivity contribution >= 4 is 11.6 Å². The van der Waals surface area contributed by atoms with E-state index in [-0.39, 0.29) is 12.5 Å². The van der Waals surface area contributed by atoms with E-state index in [1.54, 1.807) is 6.07 Å². The van der Waals surface area contributed by atoms with Crippen LogP contribution in [0.15, 0.2) is 18.2 Å². The summed E-state index contributed by atoms with van der Waals surface area (Å²) in [4.78, 5) is 14.4. The number of hydrogen-bond donors (Lipinski definition) is 2. The molecule has 0 bridgehead atoms. The lowest BCUT2D eigenvalue weighted by Gasteiger charge is -2.37. The summed E-state index contributed by atoms with van der Waals surface area (Å²) < 4.78 is 0. The number of amides is 1. The second-order valence-corrected chi connectivity index (χ2v) is 5.23. The predicted molar refractivity (Wildman–Crippen MR) is 76.0 cm³/mol. The first-order chi connectivity index (χ1) is 9.13. The molecule has 0 aliphatic heterocycles. The highest BCUT2D eigenvalue weighted by Crippen LogP contribution is 2.27. The fraction of sp³-hybridized carbons (Fsp3) is 0.533. The molecule has 0 unspecified atom stereocenters. The Morgan fingerprint density at radius 1 is 1.47 bits per heavy atom. The summed E-state index contributed by atoms with van der Waals surface area (Å²) in [5.41, 5.74) is 8.16. The lowest BCUT2D eigenvalue weighted by Crippen LogP contribution is -2.45. The van der Waals surface area contributed by atoms with Crippen LogP contribution in [0.2, 0.25) is 0 Å². The van der Waals surface area contributed by atoms with Gasteiger partial charge in [0.05, 0.1) is 0 Å². The van der Waals surface area contributed by atoms with E-state index in [9.17, 15) is 4.79 Å². The molecular weight excluding hydrogens is 240 g/mol. The smallest absolute Gasteiger partial charge is 0.254 e. The normalized spacial score (nSPS) is 15.1. The molecule has 1 aromatic carbocycles. The van der Waals surface area contributed by atoms with Crippen molar-refractivity contribution in [3.8, 4) is 0 Å². The number of carbonyl (C=O) groups excluding carboxylic acids is 1. The Kier molecular flexibility index (Phi) is 4.43. The van der Waals surface area contributed by atoms with Crippen molar-refractivity contribution in [1.82, 2.24) is 4.90 Å². The molecule has 1 aliphatic carbocycles. The van der Waals surface area contributed by atoms with Crippen LogP contribution in [0.25, 0.3) is 0 Å². The molecule has 4 heteroatoms. The van der Waals surface area contributed by atoms with Gasteiger partial charge in [-0.2, -0.15) is 0 Å². The highest BCUT2D eigenvalue weighted by atomic mass is 16.3. The van der Waals surface area contributed by atoms with Gasteiger partial charge in [-0.3, -0.25) is 4.79 Å². The Hall–Kier alpha value is -1.55. The molecule has 0 spiro atoms. The second kappa shape index (κ2) is 6.06. The molecule has 0 atom stereocenters. The molecular formula is C15H22N2O2. The number of rotatable bonds is 5. The third kappa shape index (κ3) is 3.07. The third-order valence-corrected chi connectivity index (χ3v) is 3.86. The number of nitrogen functional groups attached to an aromatic ring is 1. The van der Waals surface area contributed by atoms with Gasteiger partial charge >= 0.3 is 0 Å². The Morgan fingerprint density at radius 2 is 2.21 bits per heavy atom. The van der Waals surface area contributed by atoms with Crippen LogP contribution in [0.4, 0.5) is 5.69 Å². The van der Waals surface area contributed by atoms with Crippen molar-refractivity contribution in [3.05, 3.63) is 29.3 Å². The van der Waals surface area contributed by atoms with Crippen molar-refractivity contribution in [2.75, 3.05) is 18.9 Å². The quantitative estimate of drug-likeness (QED) is 0.797. The monoisotopic (exact) mass is 262 g/mol. The largest absolute Gasteiger partial charge is 0.398 e. The van der Waals surface area contributed by atoms with Gasteiger partial charge in [0, 0.05) is 30.4 Å². The predicted octanol–water partition coefficient (Wildman–Crippen LogP) is 1.95. The van der Waals surface area contributed by atoms with Crippen LogP contribution >= 0.6 is 0 Å². The molecule has 1 saturated carbocycles. The van der Waals surface area contributed by atoms with Crippen LogP contribution < -0.4 is 5.73 Å². The summed E-state index contributed by atoms with van der Waals surface area (Å²) in [6, 6.07) is 5.80. The van der Waals surface area contributed by atoms with Gasteiger partial charge < -0.3 is 15.7 Å². The van der Waals surface area contributed by atoms with Crippen LogP contribution in [0.5, 0.6) is 0 Å². The van der Waals surface area contributed by atoms with Gasteiger partial charge in [-0.1, -0.05) is 6.07 Å². The summed E-state index contributed by atoms with van der Waals surface area (Å²) in [7, 11) is 0. The maximum Gasteiger partial charge on any atom is 0.254 e. The fourth-order valence-corrected chi connectivity index (χ4v) is 2.33. The highest BCUT2D eigenvalue weighted by molar-refractivity contribution is 5.95. The Labute approximate surface area is 114 Å². The number of benzene rings is 1. The number of nitrogens with two attached hydrogens (primary N) is 1. The molecule has 0 aromatic heterocycles. The van der Waals surface area contributed by atoms with E-state index in [1.807, 2.05) is 24.0 Å². The van der Waals surface area contributed by atoms with Gasteiger partial charge in [-0.25, -0.2) is 0 Å². The van der Waals surface area contributed by atoms with Crippen molar-refractivity contribution in [2.45, 2.75) is 38.6 Å². The molecule has 4 nitrogen and oxygen atoms in total. The third-order valence-electron chi connectivity index (χ3n) is 3.86. The number of aliphatic hydroxyl groups is 1. The fourth-order valence-electron chi connectivity index (χ4n) is 2.33. The molecule has 3 N–H and O–H groups in total. The lowest BCUT2D eigenvalue weighted by atomic mass is 9.90. The molecule has 1 fully saturated rings. The second-order valence-electron chi connectivity index (χ2n) is 5.23. The Balaban J connectivity index is 2.15. The molecule has 2 rings (SSSR count). The zero-order chi connectivity index (χ0) is 13.8. The zero-order valence-corrected chi connectivity index (χ0v) is 11.4. The standard InChI is InChI=1S/C15H22N2O2/c1-11-6-7-12(10-14(11)16)15(19)17(8-3-9-18)13-4-2-5-13/h6-7,10,13,18H,2-5,8-9,16H2,1H3. The first kappa shape index (κ1) is 13.9. The summed E-state index contributed by atoms with van der Waals surface area (Å²) in [5.74, 6) is 0.0323. The SMILES string of the molecule is Cc1ccc(C(=O)N(CCCO)C2CCC2)cc1N. The summed E-state index contributed by atoms with van der Waals surface area (Å²) in [6.07, 6.45) is 3.95. The van der Waals surface area contributed by atoms with Gasteiger partial charge in [0.25, 0.3) is 5.91 Å².